The molecule has 1 amide bonds. The van der Waals surface area contributed by atoms with E-state index in [2.05, 4.69) is 15.5 Å². The van der Waals surface area contributed by atoms with Crippen LogP contribution in [0.3, 0.4) is 0 Å². The summed E-state index contributed by atoms with van der Waals surface area (Å²) in [5, 5.41) is 4.12. The van der Waals surface area contributed by atoms with Crippen LogP contribution < -0.4 is 14.9 Å². The van der Waals surface area contributed by atoms with Crippen LogP contribution in [0.4, 0.5) is 0 Å². The average molecular weight is 299 g/mol. The number of pyridine rings is 1. The standard InChI is InChI=1S/C16H17N3O3/c1-11(14-10-13(21-2)4-5-15(14)22-3)18-19-16(20)12-6-8-17-9-7-12/h4-10H,1-3H3,(H,19,20). The summed E-state index contributed by atoms with van der Waals surface area (Å²) in [6.07, 6.45) is 3.10. The molecule has 2 rings (SSSR count). The number of rotatable bonds is 5. The quantitative estimate of drug-likeness (QED) is 0.679. The Bertz CT molecular complexity index is 684. The zero-order valence-electron chi connectivity index (χ0n) is 12.7. The van der Waals surface area contributed by atoms with Gasteiger partial charge in [-0.25, -0.2) is 5.43 Å². The number of carbonyl (C=O) groups excluding carboxylic acids is 1. The number of hydrazone groups is 1. The lowest BCUT2D eigenvalue weighted by Gasteiger charge is -2.10. The Morgan fingerprint density at radius 1 is 1.14 bits per heavy atom. The number of ether oxygens (including phenoxy) is 2. The largest absolute Gasteiger partial charge is 0.497 e. The summed E-state index contributed by atoms with van der Waals surface area (Å²) in [4.78, 5) is 15.8. The molecule has 0 aliphatic rings. The fourth-order valence-electron chi connectivity index (χ4n) is 1.86. The van der Waals surface area contributed by atoms with Crippen molar-refractivity contribution in [2.75, 3.05) is 14.2 Å². The molecule has 1 aromatic heterocycles. The topological polar surface area (TPSA) is 72.8 Å². The van der Waals surface area contributed by atoms with Crippen molar-refractivity contribution in [3.05, 3.63) is 53.9 Å². The zero-order valence-corrected chi connectivity index (χ0v) is 12.7. The maximum Gasteiger partial charge on any atom is 0.271 e. The molecule has 0 radical (unpaired) electrons. The van der Waals surface area contributed by atoms with Gasteiger partial charge < -0.3 is 9.47 Å². The van der Waals surface area contributed by atoms with Crippen molar-refractivity contribution >= 4 is 11.6 Å². The Morgan fingerprint density at radius 3 is 2.50 bits per heavy atom. The molecule has 0 spiro atoms. The number of hydrogen-bond donors (Lipinski definition) is 1. The monoisotopic (exact) mass is 299 g/mol. The smallest absolute Gasteiger partial charge is 0.271 e. The first-order valence-corrected chi connectivity index (χ1v) is 6.62. The van der Waals surface area contributed by atoms with Crippen molar-refractivity contribution in [2.24, 2.45) is 5.10 Å². The van der Waals surface area contributed by atoms with E-state index in [1.54, 1.807) is 63.9 Å². The molecule has 0 bridgehead atoms. The normalized spacial score (nSPS) is 11.0. The Balaban J connectivity index is 2.20. The highest BCUT2D eigenvalue weighted by molar-refractivity contribution is 6.03. The minimum atomic E-state index is -0.302. The van der Waals surface area contributed by atoms with E-state index in [1.807, 2.05) is 0 Å². The number of nitrogens with one attached hydrogen (secondary N) is 1. The summed E-state index contributed by atoms with van der Waals surface area (Å²) >= 11 is 0. The Hall–Kier alpha value is -2.89. The van der Waals surface area contributed by atoms with Crippen LogP contribution in [0.25, 0.3) is 0 Å². The van der Waals surface area contributed by atoms with Gasteiger partial charge in [-0.15, -0.1) is 0 Å². The second-order valence-corrected chi connectivity index (χ2v) is 4.44. The molecule has 1 heterocycles. The SMILES string of the molecule is COc1ccc(OC)c(C(C)=NNC(=O)c2ccncc2)c1. The van der Waals surface area contributed by atoms with Gasteiger partial charge >= 0.3 is 0 Å². The van der Waals surface area contributed by atoms with Crippen molar-refractivity contribution in [3.8, 4) is 11.5 Å². The van der Waals surface area contributed by atoms with E-state index in [0.717, 1.165) is 5.56 Å². The third-order valence-corrected chi connectivity index (χ3v) is 3.06. The van der Waals surface area contributed by atoms with Crippen LogP contribution in [0.5, 0.6) is 11.5 Å². The lowest BCUT2D eigenvalue weighted by atomic mass is 10.1. The number of benzene rings is 1. The number of carbonyl (C=O) groups is 1. The molecule has 1 N–H and O–H groups in total. The summed E-state index contributed by atoms with van der Waals surface area (Å²) in [6, 6.07) is 8.62. The Labute approximate surface area is 128 Å². The molecule has 0 aliphatic carbocycles. The van der Waals surface area contributed by atoms with E-state index in [9.17, 15) is 4.79 Å². The van der Waals surface area contributed by atoms with Crippen molar-refractivity contribution in [3.63, 3.8) is 0 Å². The molecular weight excluding hydrogens is 282 g/mol. The van der Waals surface area contributed by atoms with E-state index in [-0.39, 0.29) is 5.91 Å². The van der Waals surface area contributed by atoms with Gasteiger partial charge in [0.15, 0.2) is 0 Å². The van der Waals surface area contributed by atoms with E-state index in [0.29, 0.717) is 22.8 Å². The maximum absolute atomic E-state index is 12.0. The Kier molecular flexibility index (Phi) is 5.08. The summed E-state index contributed by atoms with van der Waals surface area (Å²) in [7, 11) is 3.16. The molecule has 0 saturated heterocycles. The molecule has 22 heavy (non-hydrogen) atoms. The Morgan fingerprint density at radius 2 is 1.86 bits per heavy atom. The van der Waals surface area contributed by atoms with Gasteiger partial charge in [0.2, 0.25) is 0 Å². The van der Waals surface area contributed by atoms with Gasteiger partial charge in [0, 0.05) is 23.5 Å². The van der Waals surface area contributed by atoms with Gasteiger partial charge in [-0.1, -0.05) is 0 Å². The highest BCUT2D eigenvalue weighted by Crippen LogP contribution is 2.24. The van der Waals surface area contributed by atoms with E-state index in [1.165, 1.54) is 0 Å². The van der Waals surface area contributed by atoms with Crippen LogP contribution in [0.1, 0.15) is 22.8 Å². The summed E-state index contributed by atoms with van der Waals surface area (Å²) in [5.74, 6) is 1.04. The van der Waals surface area contributed by atoms with Crippen LogP contribution >= 0.6 is 0 Å². The summed E-state index contributed by atoms with van der Waals surface area (Å²) in [6.45, 7) is 1.78. The second kappa shape index (κ2) is 7.21. The molecule has 6 nitrogen and oxygen atoms in total. The summed E-state index contributed by atoms with van der Waals surface area (Å²) < 4.78 is 10.5. The number of hydrogen-bond acceptors (Lipinski definition) is 5. The van der Waals surface area contributed by atoms with Crippen molar-refractivity contribution in [1.82, 2.24) is 10.4 Å². The summed E-state index contributed by atoms with van der Waals surface area (Å²) in [5.41, 5.74) is 4.36. The first-order chi connectivity index (χ1) is 10.7. The highest BCUT2D eigenvalue weighted by atomic mass is 16.5. The first-order valence-electron chi connectivity index (χ1n) is 6.62. The minimum absolute atomic E-state index is 0.302. The molecule has 0 atom stereocenters. The molecule has 1 aromatic carbocycles. The van der Waals surface area contributed by atoms with Crippen LogP contribution in [0, 0.1) is 0 Å². The van der Waals surface area contributed by atoms with Gasteiger partial charge in [-0.3, -0.25) is 9.78 Å². The van der Waals surface area contributed by atoms with Crippen molar-refractivity contribution in [1.29, 1.82) is 0 Å². The van der Waals surface area contributed by atoms with Crippen LogP contribution in [-0.2, 0) is 0 Å². The number of aromatic nitrogens is 1. The fraction of sp³-hybridized carbons (Fsp3) is 0.188. The van der Waals surface area contributed by atoms with Gasteiger partial charge in [-0.05, 0) is 37.3 Å². The van der Waals surface area contributed by atoms with Crippen LogP contribution in [0.15, 0.2) is 47.8 Å². The van der Waals surface area contributed by atoms with E-state index in [4.69, 9.17) is 9.47 Å². The molecular formula is C16H17N3O3. The molecule has 0 saturated carbocycles. The molecule has 2 aromatic rings. The van der Waals surface area contributed by atoms with E-state index >= 15 is 0 Å². The highest BCUT2D eigenvalue weighted by Gasteiger charge is 2.09. The lowest BCUT2D eigenvalue weighted by Crippen LogP contribution is -2.19. The zero-order chi connectivity index (χ0) is 15.9. The lowest BCUT2D eigenvalue weighted by molar-refractivity contribution is 0.0954. The predicted octanol–water partition coefficient (Wildman–Crippen LogP) is 2.25. The number of amides is 1. The molecule has 6 heteroatoms. The van der Waals surface area contributed by atoms with Crippen LogP contribution in [0.2, 0.25) is 0 Å². The molecule has 0 fully saturated rings. The minimum Gasteiger partial charge on any atom is -0.497 e. The number of nitrogens with zero attached hydrogens (tertiary/aromatic N) is 2. The molecule has 114 valence electrons. The number of methoxy groups -OCH3 is 2. The van der Waals surface area contributed by atoms with E-state index < -0.39 is 0 Å². The predicted molar refractivity (Wildman–Crippen MR) is 83.5 cm³/mol. The first kappa shape index (κ1) is 15.5. The van der Waals surface area contributed by atoms with Crippen LogP contribution in [-0.4, -0.2) is 30.8 Å². The van der Waals surface area contributed by atoms with Gasteiger partial charge in [-0.2, -0.15) is 5.10 Å². The maximum atomic E-state index is 12.0. The second-order valence-electron chi connectivity index (χ2n) is 4.44. The van der Waals surface area contributed by atoms with Crippen molar-refractivity contribution in [2.45, 2.75) is 6.92 Å². The van der Waals surface area contributed by atoms with Gasteiger partial charge in [0.05, 0.1) is 19.9 Å². The van der Waals surface area contributed by atoms with Crippen molar-refractivity contribution < 1.29 is 14.3 Å². The van der Waals surface area contributed by atoms with Gasteiger partial charge in [0.25, 0.3) is 5.91 Å². The fourth-order valence-corrected chi connectivity index (χ4v) is 1.86. The van der Waals surface area contributed by atoms with Gasteiger partial charge in [0.1, 0.15) is 11.5 Å². The average Bonchev–Trinajstić information content (AvgIpc) is 2.59. The molecule has 0 unspecified atom stereocenters. The third kappa shape index (κ3) is 3.60. The molecule has 0 aliphatic heterocycles. The third-order valence-electron chi connectivity index (χ3n) is 3.06.